The molecule has 0 spiro atoms. The predicted octanol–water partition coefficient (Wildman–Crippen LogP) is 3.82. The molecule has 1 heterocycles. The maximum atomic E-state index is 13.9. The van der Waals surface area contributed by atoms with Gasteiger partial charge in [0.2, 0.25) is 0 Å². The number of carbonyl (C=O) groups excluding carboxylic acids is 2. The molecule has 0 fully saturated rings. The van der Waals surface area contributed by atoms with Crippen LogP contribution < -0.4 is 5.32 Å². The number of thiophene rings is 1. The van der Waals surface area contributed by atoms with Crippen LogP contribution in [0.5, 0.6) is 0 Å². The summed E-state index contributed by atoms with van der Waals surface area (Å²) in [4.78, 5) is 24.5. The predicted molar refractivity (Wildman–Crippen MR) is 95.1 cm³/mol. The van der Waals surface area contributed by atoms with Gasteiger partial charge in [-0.3, -0.25) is 9.59 Å². The molecule has 2 aromatic carbocycles. The number of rotatable bonds is 5. The second kappa shape index (κ2) is 7.44. The SMILES string of the molecule is Cc1c(C(=O)NCC(=O)OCc2ccccc2)sc2cccc(F)c12. The molecule has 128 valence electrons. The van der Waals surface area contributed by atoms with Crippen molar-refractivity contribution in [2.24, 2.45) is 0 Å². The summed E-state index contributed by atoms with van der Waals surface area (Å²) in [6, 6.07) is 14.0. The average molecular weight is 357 g/mol. The Morgan fingerprint density at radius 2 is 1.88 bits per heavy atom. The topological polar surface area (TPSA) is 55.4 Å². The Labute approximate surface area is 148 Å². The van der Waals surface area contributed by atoms with Gasteiger partial charge in [0.15, 0.2) is 0 Å². The molecule has 3 aromatic rings. The number of hydrogen-bond donors (Lipinski definition) is 1. The highest BCUT2D eigenvalue weighted by Crippen LogP contribution is 2.32. The zero-order chi connectivity index (χ0) is 17.8. The van der Waals surface area contributed by atoms with E-state index < -0.39 is 11.9 Å². The highest BCUT2D eigenvalue weighted by Gasteiger charge is 2.18. The molecule has 6 heteroatoms. The Morgan fingerprint density at radius 3 is 2.60 bits per heavy atom. The summed E-state index contributed by atoms with van der Waals surface area (Å²) in [7, 11) is 0. The lowest BCUT2D eigenvalue weighted by Crippen LogP contribution is -2.30. The van der Waals surface area contributed by atoms with E-state index >= 15 is 0 Å². The summed E-state index contributed by atoms with van der Waals surface area (Å²) < 4.78 is 19.7. The molecule has 0 atom stereocenters. The summed E-state index contributed by atoms with van der Waals surface area (Å²) >= 11 is 1.20. The maximum Gasteiger partial charge on any atom is 0.325 e. The molecule has 3 rings (SSSR count). The molecule has 0 aliphatic heterocycles. The minimum Gasteiger partial charge on any atom is -0.460 e. The standard InChI is InChI=1S/C19H16FNO3S/c1-12-17-14(20)8-5-9-15(17)25-18(12)19(23)21-10-16(22)24-11-13-6-3-2-4-7-13/h2-9H,10-11H2,1H3,(H,21,23). The van der Waals surface area contributed by atoms with Crippen molar-refractivity contribution < 1.29 is 18.7 Å². The first kappa shape index (κ1) is 17.1. The summed E-state index contributed by atoms with van der Waals surface area (Å²) in [5.41, 5.74) is 1.45. The number of carbonyl (C=O) groups is 2. The fourth-order valence-corrected chi connectivity index (χ4v) is 3.63. The number of amides is 1. The summed E-state index contributed by atoms with van der Waals surface area (Å²) in [5.74, 6) is -1.29. The largest absolute Gasteiger partial charge is 0.460 e. The molecule has 0 saturated carbocycles. The Bertz CT molecular complexity index is 921. The Hall–Kier alpha value is -2.73. The quantitative estimate of drug-likeness (QED) is 0.706. The molecule has 1 N–H and O–H groups in total. The van der Waals surface area contributed by atoms with Crippen LogP contribution in [-0.2, 0) is 16.1 Å². The third kappa shape index (κ3) is 3.85. The van der Waals surface area contributed by atoms with Gasteiger partial charge in [-0.2, -0.15) is 0 Å². The third-order valence-electron chi connectivity index (χ3n) is 3.75. The van der Waals surface area contributed by atoms with E-state index in [-0.39, 0.29) is 19.0 Å². The fourth-order valence-electron chi connectivity index (χ4n) is 2.49. The first-order valence-corrected chi connectivity index (χ1v) is 8.53. The lowest BCUT2D eigenvalue weighted by atomic mass is 10.1. The van der Waals surface area contributed by atoms with Crippen LogP contribution in [0, 0.1) is 12.7 Å². The van der Waals surface area contributed by atoms with Gasteiger partial charge >= 0.3 is 5.97 Å². The second-order valence-corrected chi connectivity index (χ2v) is 6.55. The van der Waals surface area contributed by atoms with Crippen molar-refractivity contribution in [3.05, 3.63) is 70.4 Å². The van der Waals surface area contributed by atoms with Crippen LogP contribution in [-0.4, -0.2) is 18.4 Å². The molecule has 1 amide bonds. The van der Waals surface area contributed by atoms with Gasteiger partial charge in [0, 0.05) is 10.1 Å². The van der Waals surface area contributed by atoms with E-state index in [1.54, 1.807) is 19.1 Å². The van der Waals surface area contributed by atoms with Crippen molar-refractivity contribution in [1.82, 2.24) is 5.32 Å². The summed E-state index contributed by atoms with van der Waals surface area (Å²) in [5, 5.41) is 2.98. The fraction of sp³-hybridized carbons (Fsp3) is 0.158. The number of hydrogen-bond acceptors (Lipinski definition) is 4. The van der Waals surface area contributed by atoms with Crippen LogP contribution in [0.1, 0.15) is 20.8 Å². The van der Waals surface area contributed by atoms with Crippen molar-refractivity contribution in [3.63, 3.8) is 0 Å². The van der Waals surface area contributed by atoms with Crippen LogP contribution in [0.25, 0.3) is 10.1 Å². The molecular formula is C19H16FNO3S. The van der Waals surface area contributed by atoms with Gasteiger partial charge in [0.25, 0.3) is 5.91 Å². The van der Waals surface area contributed by atoms with E-state index in [4.69, 9.17) is 4.74 Å². The number of benzene rings is 2. The zero-order valence-corrected chi connectivity index (χ0v) is 14.4. The van der Waals surface area contributed by atoms with E-state index in [1.807, 2.05) is 30.3 Å². The number of aryl methyl sites for hydroxylation is 1. The first-order valence-electron chi connectivity index (χ1n) is 7.71. The Kier molecular flexibility index (Phi) is 5.09. The average Bonchev–Trinajstić information content (AvgIpc) is 2.97. The Morgan fingerprint density at radius 1 is 1.12 bits per heavy atom. The lowest BCUT2D eigenvalue weighted by molar-refractivity contribution is -0.143. The Balaban J connectivity index is 1.60. The maximum absolute atomic E-state index is 13.9. The number of halogens is 1. The van der Waals surface area contributed by atoms with Crippen molar-refractivity contribution in [1.29, 1.82) is 0 Å². The van der Waals surface area contributed by atoms with E-state index in [2.05, 4.69) is 5.32 Å². The molecule has 0 aliphatic carbocycles. The van der Waals surface area contributed by atoms with Crippen molar-refractivity contribution in [3.8, 4) is 0 Å². The van der Waals surface area contributed by atoms with E-state index in [9.17, 15) is 14.0 Å². The van der Waals surface area contributed by atoms with E-state index in [0.717, 1.165) is 5.56 Å². The first-order chi connectivity index (χ1) is 12.1. The number of ether oxygens (including phenoxy) is 1. The van der Waals surface area contributed by atoms with Gasteiger partial charge in [0.1, 0.15) is 19.0 Å². The lowest BCUT2D eigenvalue weighted by Gasteiger charge is -2.06. The van der Waals surface area contributed by atoms with Gasteiger partial charge in [-0.25, -0.2) is 4.39 Å². The van der Waals surface area contributed by atoms with Crippen molar-refractivity contribution in [2.75, 3.05) is 6.54 Å². The number of esters is 1. The second-order valence-electron chi connectivity index (χ2n) is 5.50. The van der Waals surface area contributed by atoms with Gasteiger partial charge in [0.05, 0.1) is 4.88 Å². The summed E-state index contributed by atoms with van der Waals surface area (Å²) in [6.45, 7) is 1.62. The molecule has 25 heavy (non-hydrogen) atoms. The molecule has 0 bridgehead atoms. The molecule has 4 nitrogen and oxygen atoms in total. The molecular weight excluding hydrogens is 341 g/mol. The minimum atomic E-state index is -0.526. The highest BCUT2D eigenvalue weighted by atomic mass is 32.1. The molecule has 1 aromatic heterocycles. The monoisotopic (exact) mass is 357 g/mol. The zero-order valence-electron chi connectivity index (χ0n) is 13.5. The normalized spacial score (nSPS) is 10.6. The van der Waals surface area contributed by atoms with Gasteiger partial charge in [-0.15, -0.1) is 11.3 Å². The minimum absolute atomic E-state index is 0.155. The van der Waals surface area contributed by atoms with Crippen LogP contribution in [0.3, 0.4) is 0 Å². The molecule has 0 radical (unpaired) electrons. The smallest absolute Gasteiger partial charge is 0.325 e. The molecule has 0 saturated heterocycles. The van der Waals surface area contributed by atoms with E-state index in [0.29, 0.717) is 20.5 Å². The van der Waals surface area contributed by atoms with Gasteiger partial charge < -0.3 is 10.1 Å². The van der Waals surface area contributed by atoms with Crippen LogP contribution in [0.4, 0.5) is 4.39 Å². The van der Waals surface area contributed by atoms with Gasteiger partial charge in [-0.1, -0.05) is 36.4 Å². The van der Waals surface area contributed by atoms with Crippen molar-refractivity contribution >= 4 is 33.3 Å². The van der Waals surface area contributed by atoms with Crippen molar-refractivity contribution in [2.45, 2.75) is 13.5 Å². The number of nitrogens with one attached hydrogen (secondary N) is 1. The highest BCUT2D eigenvalue weighted by molar-refractivity contribution is 7.21. The third-order valence-corrected chi connectivity index (χ3v) is 5.00. The number of fused-ring (bicyclic) bond motifs is 1. The van der Waals surface area contributed by atoms with Gasteiger partial charge in [-0.05, 0) is 30.2 Å². The van der Waals surface area contributed by atoms with E-state index in [1.165, 1.54) is 17.4 Å². The molecule has 0 unspecified atom stereocenters. The van der Waals surface area contributed by atoms with Crippen LogP contribution in [0.2, 0.25) is 0 Å². The van der Waals surface area contributed by atoms with Crippen LogP contribution >= 0.6 is 11.3 Å². The summed E-state index contributed by atoms with van der Waals surface area (Å²) in [6.07, 6.45) is 0. The molecule has 0 aliphatic rings. The van der Waals surface area contributed by atoms with Crippen LogP contribution in [0.15, 0.2) is 48.5 Å².